The van der Waals surface area contributed by atoms with Crippen LogP contribution in [0.2, 0.25) is 5.02 Å². The zero-order valence-corrected chi connectivity index (χ0v) is 14.4. The molecule has 2 heterocycles. The molecule has 120 valence electrons. The van der Waals surface area contributed by atoms with Gasteiger partial charge in [-0.3, -0.25) is 0 Å². The molecule has 6 nitrogen and oxygen atoms in total. The monoisotopic (exact) mass is 369 g/mol. The summed E-state index contributed by atoms with van der Waals surface area (Å²) in [6.07, 6.45) is 0. The minimum atomic E-state index is -0.472. The van der Waals surface area contributed by atoms with Gasteiger partial charge in [-0.2, -0.15) is 0 Å². The number of hydrogen-bond acceptors (Lipinski definition) is 8. The van der Waals surface area contributed by atoms with E-state index in [4.69, 9.17) is 16.0 Å². The van der Waals surface area contributed by atoms with Crippen molar-refractivity contribution in [2.45, 2.75) is 17.0 Å². The van der Waals surface area contributed by atoms with Gasteiger partial charge in [0.1, 0.15) is 11.3 Å². The van der Waals surface area contributed by atoms with Crippen molar-refractivity contribution < 1.29 is 9.52 Å². The number of rotatable bonds is 5. The molecule has 0 atom stereocenters. The molecule has 0 aliphatic heterocycles. The fraction of sp³-hybridized carbons (Fsp3) is 0.214. The molecule has 0 aliphatic carbocycles. The molecule has 0 aliphatic rings. The molecule has 0 saturated carbocycles. The van der Waals surface area contributed by atoms with E-state index in [1.165, 1.54) is 35.2 Å². The molecule has 0 radical (unpaired) electrons. The van der Waals surface area contributed by atoms with Gasteiger partial charge in [-0.1, -0.05) is 34.7 Å². The molecule has 0 amide bonds. The number of nitrogens with one attached hydrogen (secondary N) is 1. The van der Waals surface area contributed by atoms with Crippen molar-refractivity contribution in [1.82, 2.24) is 10.2 Å². The minimum absolute atomic E-state index is 0.119. The fourth-order valence-corrected chi connectivity index (χ4v) is 3.96. The summed E-state index contributed by atoms with van der Waals surface area (Å²) in [7, 11) is 0. The Labute approximate surface area is 144 Å². The maximum Gasteiger partial charge on any atom is 0.336 e. The van der Waals surface area contributed by atoms with E-state index < -0.39 is 5.63 Å². The van der Waals surface area contributed by atoms with Crippen LogP contribution in [0.1, 0.15) is 12.5 Å². The number of benzene rings is 1. The predicted octanol–water partition coefficient (Wildman–Crippen LogP) is 3.73. The number of phenols is 1. The van der Waals surface area contributed by atoms with Gasteiger partial charge >= 0.3 is 5.63 Å². The van der Waals surface area contributed by atoms with Gasteiger partial charge in [0.25, 0.3) is 0 Å². The standard InChI is InChI=1S/C14H12ClN3O3S2/c1-2-16-13-17-18-14(23-13)22-6-7-3-12(20)21-11-5-10(19)9(15)4-8(7)11/h3-5,19H,2,6H2,1H3,(H,16,17). The summed E-state index contributed by atoms with van der Waals surface area (Å²) in [4.78, 5) is 11.7. The van der Waals surface area contributed by atoms with Crippen molar-refractivity contribution in [2.75, 3.05) is 11.9 Å². The number of fused-ring (bicyclic) bond motifs is 1. The van der Waals surface area contributed by atoms with Gasteiger partial charge < -0.3 is 14.8 Å². The van der Waals surface area contributed by atoms with E-state index in [2.05, 4.69) is 15.5 Å². The van der Waals surface area contributed by atoms with Gasteiger partial charge in [0.05, 0.1) is 5.02 Å². The van der Waals surface area contributed by atoms with Crippen LogP contribution in [-0.4, -0.2) is 21.8 Å². The number of halogens is 1. The molecule has 0 saturated heterocycles. The highest BCUT2D eigenvalue weighted by molar-refractivity contribution is 8.00. The first-order valence-electron chi connectivity index (χ1n) is 6.72. The van der Waals surface area contributed by atoms with Gasteiger partial charge in [-0.05, 0) is 18.6 Å². The second-order valence-corrected chi connectivity index (χ2v) is 7.19. The summed E-state index contributed by atoms with van der Waals surface area (Å²) in [6, 6.07) is 4.37. The van der Waals surface area contributed by atoms with E-state index >= 15 is 0 Å². The van der Waals surface area contributed by atoms with Gasteiger partial charge in [0, 0.05) is 29.8 Å². The number of anilines is 1. The molecule has 3 rings (SSSR count). The third kappa shape index (κ3) is 3.60. The molecule has 0 fully saturated rings. The Morgan fingerprint density at radius 2 is 2.22 bits per heavy atom. The average Bonchev–Trinajstić information content (AvgIpc) is 2.95. The number of phenolic OH excluding ortho intramolecular Hbond substituents is 1. The molecule has 2 aromatic heterocycles. The second-order valence-electron chi connectivity index (χ2n) is 4.58. The highest BCUT2D eigenvalue weighted by Crippen LogP contribution is 2.33. The number of thioether (sulfide) groups is 1. The van der Waals surface area contributed by atoms with Crippen molar-refractivity contribution in [3.63, 3.8) is 0 Å². The lowest BCUT2D eigenvalue weighted by atomic mass is 10.1. The fourth-order valence-electron chi connectivity index (χ4n) is 1.99. The summed E-state index contributed by atoms with van der Waals surface area (Å²) in [5.41, 5.74) is 0.601. The van der Waals surface area contributed by atoms with Crippen molar-refractivity contribution >= 4 is 50.8 Å². The number of aromatic hydroxyl groups is 1. The van der Waals surface area contributed by atoms with Crippen molar-refractivity contribution in [3.05, 3.63) is 39.2 Å². The van der Waals surface area contributed by atoms with Gasteiger partial charge in [-0.15, -0.1) is 10.2 Å². The van der Waals surface area contributed by atoms with Crippen LogP contribution in [0.15, 0.2) is 31.8 Å². The lowest BCUT2D eigenvalue weighted by molar-refractivity contribution is 0.473. The predicted molar refractivity (Wildman–Crippen MR) is 92.8 cm³/mol. The highest BCUT2D eigenvalue weighted by atomic mass is 35.5. The maximum atomic E-state index is 11.7. The first-order valence-corrected chi connectivity index (χ1v) is 8.90. The summed E-state index contributed by atoms with van der Waals surface area (Å²) < 4.78 is 5.91. The topological polar surface area (TPSA) is 88.3 Å². The third-order valence-corrected chi connectivity index (χ3v) is 5.35. The highest BCUT2D eigenvalue weighted by Gasteiger charge is 2.11. The average molecular weight is 370 g/mol. The van der Waals surface area contributed by atoms with E-state index in [9.17, 15) is 9.90 Å². The van der Waals surface area contributed by atoms with Crippen LogP contribution >= 0.6 is 34.7 Å². The minimum Gasteiger partial charge on any atom is -0.506 e. The zero-order chi connectivity index (χ0) is 16.4. The summed E-state index contributed by atoms with van der Waals surface area (Å²) in [5.74, 6) is 0.399. The zero-order valence-electron chi connectivity index (χ0n) is 12.0. The molecule has 0 unspecified atom stereocenters. The molecular weight excluding hydrogens is 358 g/mol. The number of hydrogen-bond donors (Lipinski definition) is 2. The Bertz CT molecular complexity index is 910. The lowest BCUT2D eigenvalue weighted by Gasteiger charge is -2.05. The van der Waals surface area contributed by atoms with Crippen LogP contribution in [0.4, 0.5) is 5.13 Å². The van der Waals surface area contributed by atoms with E-state index in [1.807, 2.05) is 6.92 Å². The maximum absolute atomic E-state index is 11.7. The normalized spacial score (nSPS) is 11.0. The largest absolute Gasteiger partial charge is 0.506 e. The van der Waals surface area contributed by atoms with Crippen LogP contribution in [0.5, 0.6) is 5.75 Å². The van der Waals surface area contributed by atoms with E-state index in [-0.39, 0.29) is 10.8 Å². The SMILES string of the molecule is CCNc1nnc(SCc2cc(=O)oc3cc(O)c(Cl)cc23)s1. The number of aromatic nitrogens is 2. The van der Waals surface area contributed by atoms with Crippen LogP contribution in [0.25, 0.3) is 11.0 Å². The Balaban J connectivity index is 1.89. The van der Waals surface area contributed by atoms with Crippen LogP contribution in [0, 0.1) is 0 Å². The molecule has 23 heavy (non-hydrogen) atoms. The molecule has 0 bridgehead atoms. The summed E-state index contributed by atoms with van der Waals surface area (Å²) in [6.45, 7) is 2.77. The molecule has 9 heteroatoms. The Morgan fingerprint density at radius 1 is 1.39 bits per heavy atom. The Morgan fingerprint density at radius 3 is 3.00 bits per heavy atom. The van der Waals surface area contributed by atoms with E-state index in [1.54, 1.807) is 6.07 Å². The lowest BCUT2D eigenvalue weighted by Crippen LogP contribution is -1.99. The van der Waals surface area contributed by atoms with E-state index in [0.717, 1.165) is 21.6 Å². The van der Waals surface area contributed by atoms with Gasteiger partial charge in [-0.25, -0.2) is 4.79 Å². The molecular formula is C14H12ClN3O3S2. The first kappa shape index (κ1) is 16.1. The van der Waals surface area contributed by atoms with E-state index in [0.29, 0.717) is 16.7 Å². The third-order valence-electron chi connectivity index (χ3n) is 2.98. The molecule has 2 N–H and O–H groups in total. The quantitative estimate of drug-likeness (QED) is 0.523. The summed E-state index contributed by atoms with van der Waals surface area (Å²) in [5, 5.41) is 22.5. The van der Waals surface area contributed by atoms with Gasteiger partial charge in [0.15, 0.2) is 4.34 Å². The van der Waals surface area contributed by atoms with Crippen molar-refractivity contribution in [1.29, 1.82) is 0 Å². The van der Waals surface area contributed by atoms with Gasteiger partial charge in [0.2, 0.25) is 5.13 Å². The Kier molecular flexibility index (Phi) is 4.74. The van der Waals surface area contributed by atoms with Crippen LogP contribution in [-0.2, 0) is 5.75 Å². The smallest absolute Gasteiger partial charge is 0.336 e. The van der Waals surface area contributed by atoms with Crippen LogP contribution in [0.3, 0.4) is 0 Å². The van der Waals surface area contributed by atoms with Crippen molar-refractivity contribution in [3.8, 4) is 5.75 Å². The summed E-state index contributed by atoms with van der Waals surface area (Å²) >= 11 is 8.88. The molecule has 0 spiro atoms. The van der Waals surface area contributed by atoms with Crippen molar-refractivity contribution in [2.24, 2.45) is 0 Å². The number of nitrogens with zero attached hydrogens (tertiary/aromatic N) is 2. The molecule has 1 aromatic carbocycles. The molecule has 3 aromatic rings. The van der Waals surface area contributed by atoms with Crippen LogP contribution < -0.4 is 10.9 Å². The second kappa shape index (κ2) is 6.77. The first-order chi connectivity index (χ1) is 11.1. The Hall–Kier alpha value is -1.77.